The fraction of sp³-hybridized carbons (Fsp3) is 0.818. The van der Waals surface area contributed by atoms with E-state index in [1.54, 1.807) is 0 Å². The van der Waals surface area contributed by atoms with Gasteiger partial charge in [-0.25, -0.2) is 0 Å². The van der Waals surface area contributed by atoms with Crippen molar-refractivity contribution in [3.05, 3.63) is 11.6 Å². The second-order valence-corrected chi connectivity index (χ2v) is 4.05. The topological polar surface area (TPSA) is 21.3 Å². The van der Waals surface area contributed by atoms with Crippen LogP contribution in [0.3, 0.4) is 0 Å². The first-order valence-electron chi connectivity index (χ1n) is 5.17. The average molecular weight is 183 g/mol. The quantitative estimate of drug-likeness (QED) is 0.671. The SMILES string of the molecule is CNCC(=CC1CCOC1)C(C)C. The van der Waals surface area contributed by atoms with Gasteiger partial charge in [-0.05, 0) is 19.4 Å². The molecule has 1 heterocycles. The second kappa shape index (κ2) is 5.40. The third kappa shape index (κ3) is 3.49. The standard InChI is InChI=1S/C11H21NO/c1-9(2)11(7-12-3)6-10-4-5-13-8-10/h6,9-10,12H,4-5,7-8H2,1-3H3. The Hall–Kier alpha value is -0.340. The van der Waals surface area contributed by atoms with Gasteiger partial charge in [0.25, 0.3) is 0 Å². The van der Waals surface area contributed by atoms with E-state index in [1.165, 1.54) is 12.0 Å². The third-order valence-corrected chi connectivity index (χ3v) is 2.54. The highest BCUT2D eigenvalue weighted by atomic mass is 16.5. The van der Waals surface area contributed by atoms with Crippen LogP contribution in [-0.4, -0.2) is 26.8 Å². The molecule has 0 radical (unpaired) electrons. The maximum Gasteiger partial charge on any atom is 0.0529 e. The van der Waals surface area contributed by atoms with Crippen LogP contribution in [0.15, 0.2) is 11.6 Å². The van der Waals surface area contributed by atoms with Crippen molar-refractivity contribution >= 4 is 0 Å². The van der Waals surface area contributed by atoms with Crippen LogP contribution in [0.2, 0.25) is 0 Å². The van der Waals surface area contributed by atoms with Crippen LogP contribution in [0.25, 0.3) is 0 Å². The summed E-state index contributed by atoms with van der Waals surface area (Å²) in [6.07, 6.45) is 3.59. The van der Waals surface area contributed by atoms with Gasteiger partial charge in [0.1, 0.15) is 0 Å². The van der Waals surface area contributed by atoms with E-state index >= 15 is 0 Å². The molecule has 1 N–H and O–H groups in total. The second-order valence-electron chi connectivity index (χ2n) is 4.05. The smallest absolute Gasteiger partial charge is 0.0529 e. The number of nitrogens with one attached hydrogen (secondary N) is 1. The minimum atomic E-state index is 0.646. The molecule has 1 atom stereocenters. The molecule has 0 aromatic rings. The van der Waals surface area contributed by atoms with Gasteiger partial charge in [-0.2, -0.15) is 0 Å². The molecule has 0 bridgehead atoms. The first kappa shape index (κ1) is 10.7. The lowest BCUT2D eigenvalue weighted by Crippen LogP contribution is -2.15. The average Bonchev–Trinajstić information content (AvgIpc) is 2.56. The van der Waals surface area contributed by atoms with Crippen molar-refractivity contribution in [1.29, 1.82) is 0 Å². The minimum absolute atomic E-state index is 0.646. The number of rotatable bonds is 4. The van der Waals surface area contributed by atoms with Crippen molar-refractivity contribution < 1.29 is 4.74 Å². The fourth-order valence-corrected chi connectivity index (χ4v) is 1.65. The maximum absolute atomic E-state index is 5.35. The lowest BCUT2D eigenvalue weighted by Gasteiger charge is -2.13. The van der Waals surface area contributed by atoms with Gasteiger partial charge in [-0.1, -0.05) is 25.5 Å². The van der Waals surface area contributed by atoms with Crippen LogP contribution >= 0.6 is 0 Å². The molecular weight excluding hydrogens is 162 g/mol. The van der Waals surface area contributed by atoms with E-state index in [-0.39, 0.29) is 0 Å². The van der Waals surface area contributed by atoms with Gasteiger partial charge < -0.3 is 10.1 Å². The van der Waals surface area contributed by atoms with Crippen LogP contribution in [0.1, 0.15) is 20.3 Å². The van der Waals surface area contributed by atoms with Gasteiger partial charge in [0.05, 0.1) is 6.61 Å². The summed E-state index contributed by atoms with van der Waals surface area (Å²) >= 11 is 0. The summed E-state index contributed by atoms with van der Waals surface area (Å²) in [4.78, 5) is 0. The lowest BCUT2D eigenvalue weighted by atomic mass is 9.97. The molecule has 1 aliphatic rings. The normalized spacial score (nSPS) is 24.3. The summed E-state index contributed by atoms with van der Waals surface area (Å²) in [5, 5.41) is 3.21. The van der Waals surface area contributed by atoms with Crippen LogP contribution < -0.4 is 5.32 Å². The largest absolute Gasteiger partial charge is 0.381 e. The molecule has 2 nitrogen and oxygen atoms in total. The summed E-state index contributed by atoms with van der Waals surface area (Å²) in [5.41, 5.74) is 1.51. The molecule has 1 aliphatic heterocycles. The van der Waals surface area contributed by atoms with E-state index in [0.29, 0.717) is 11.8 Å². The van der Waals surface area contributed by atoms with E-state index in [4.69, 9.17) is 4.74 Å². The van der Waals surface area contributed by atoms with Crippen molar-refractivity contribution in [2.75, 3.05) is 26.8 Å². The fourth-order valence-electron chi connectivity index (χ4n) is 1.65. The van der Waals surface area contributed by atoms with Gasteiger partial charge >= 0.3 is 0 Å². The van der Waals surface area contributed by atoms with Crippen LogP contribution in [0, 0.1) is 11.8 Å². The zero-order valence-electron chi connectivity index (χ0n) is 8.97. The molecule has 0 aliphatic carbocycles. The number of hydrogen-bond donors (Lipinski definition) is 1. The van der Waals surface area contributed by atoms with Crippen LogP contribution in [0.4, 0.5) is 0 Å². The van der Waals surface area contributed by atoms with Crippen molar-refractivity contribution in [3.8, 4) is 0 Å². The molecule has 0 aromatic carbocycles. The molecule has 2 heteroatoms. The molecule has 76 valence electrons. The Labute approximate surface area is 81.4 Å². The zero-order valence-corrected chi connectivity index (χ0v) is 8.97. The first-order valence-corrected chi connectivity index (χ1v) is 5.17. The number of ether oxygens (including phenoxy) is 1. The highest BCUT2D eigenvalue weighted by Crippen LogP contribution is 2.18. The van der Waals surface area contributed by atoms with E-state index in [9.17, 15) is 0 Å². The molecular formula is C11H21NO. The Bertz CT molecular complexity index is 169. The summed E-state index contributed by atoms with van der Waals surface area (Å²) < 4.78 is 5.35. The van der Waals surface area contributed by atoms with Gasteiger partial charge in [-0.3, -0.25) is 0 Å². The Morgan fingerprint density at radius 3 is 2.85 bits per heavy atom. The maximum atomic E-state index is 5.35. The van der Waals surface area contributed by atoms with Crippen LogP contribution in [0.5, 0.6) is 0 Å². The van der Waals surface area contributed by atoms with Gasteiger partial charge in [0, 0.05) is 19.1 Å². The van der Waals surface area contributed by atoms with E-state index < -0.39 is 0 Å². The first-order chi connectivity index (χ1) is 6.24. The van der Waals surface area contributed by atoms with Crippen LogP contribution in [-0.2, 0) is 4.74 Å². The highest BCUT2D eigenvalue weighted by molar-refractivity contribution is 5.09. The molecule has 0 amide bonds. The van der Waals surface area contributed by atoms with Crippen molar-refractivity contribution in [2.24, 2.45) is 11.8 Å². The number of likely N-dealkylation sites (N-methyl/N-ethyl adjacent to an activating group) is 1. The molecule has 13 heavy (non-hydrogen) atoms. The molecule has 0 saturated carbocycles. The van der Waals surface area contributed by atoms with E-state index in [0.717, 1.165) is 19.8 Å². The minimum Gasteiger partial charge on any atom is -0.381 e. The highest BCUT2D eigenvalue weighted by Gasteiger charge is 2.14. The zero-order chi connectivity index (χ0) is 9.68. The van der Waals surface area contributed by atoms with Crippen molar-refractivity contribution in [3.63, 3.8) is 0 Å². The number of hydrogen-bond acceptors (Lipinski definition) is 2. The van der Waals surface area contributed by atoms with Crippen molar-refractivity contribution in [2.45, 2.75) is 20.3 Å². The van der Waals surface area contributed by atoms with E-state index in [2.05, 4.69) is 25.2 Å². The van der Waals surface area contributed by atoms with Gasteiger partial charge in [-0.15, -0.1) is 0 Å². The summed E-state index contributed by atoms with van der Waals surface area (Å²) in [6.45, 7) is 7.36. The molecule has 1 unspecified atom stereocenters. The van der Waals surface area contributed by atoms with Gasteiger partial charge in [0.2, 0.25) is 0 Å². The molecule has 1 fully saturated rings. The predicted octanol–water partition coefficient (Wildman–Crippen LogP) is 1.82. The molecule has 0 spiro atoms. The Morgan fingerprint density at radius 2 is 2.38 bits per heavy atom. The molecule has 1 rings (SSSR count). The molecule has 0 aromatic heterocycles. The Balaban J connectivity index is 2.50. The third-order valence-electron chi connectivity index (χ3n) is 2.54. The lowest BCUT2D eigenvalue weighted by molar-refractivity contribution is 0.191. The van der Waals surface area contributed by atoms with Crippen molar-refractivity contribution in [1.82, 2.24) is 5.32 Å². The monoisotopic (exact) mass is 183 g/mol. The molecule has 1 saturated heterocycles. The summed E-state index contributed by atoms with van der Waals surface area (Å²) in [5.74, 6) is 1.30. The van der Waals surface area contributed by atoms with Gasteiger partial charge in [0.15, 0.2) is 0 Å². The summed E-state index contributed by atoms with van der Waals surface area (Å²) in [6, 6.07) is 0. The summed E-state index contributed by atoms with van der Waals surface area (Å²) in [7, 11) is 2.00. The van der Waals surface area contributed by atoms with E-state index in [1.807, 2.05) is 7.05 Å². The Morgan fingerprint density at radius 1 is 1.62 bits per heavy atom. The predicted molar refractivity (Wildman–Crippen MR) is 55.8 cm³/mol. The Kier molecular flexibility index (Phi) is 4.46.